The highest BCUT2D eigenvalue weighted by atomic mass is 16.5. The van der Waals surface area contributed by atoms with Gasteiger partial charge in [0.2, 0.25) is 0 Å². The van der Waals surface area contributed by atoms with Gasteiger partial charge in [-0.3, -0.25) is 0 Å². The summed E-state index contributed by atoms with van der Waals surface area (Å²) in [4.78, 5) is 8.58. The van der Waals surface area contributed by atoms with Gasteiger partial charge in [0.25, 0.3) is 0 Å². The molecule has 0 atom stereocenters. The fraction of sp³-hybridized carbons (Fsp3) is 0.810. The minimum atomic E-state index is 0.0797. The molecule has 1 rings (SSSR count). The lowest BCUT2D eigenvalue weighted by Gasteiger charge is -2.17. The summed E-state index contributed by atoms with van der Waals surface area (Å²) in [6, 6.07) is 0.490. The van der Waals surface area contributed by atoms with Crippen molar-refractivity contribution in [1.29, 1.82) is 0 Å². The van der Waals surface area contributed by atoms with E-state index in [1.54, 1.807) is 0 Å². The van der Waals surface area contributed by atoms with Gasteiger partial charge in [-0.1, -0.05) is 67.2 Å². The molecule has 0 amide bonds. The third-order valence-corrected chi connectivity index (χ3v) is 3.94. The average molecular weight is 351 g/mol. The fourth-order valence-corrected chi connectivity index (χ4v) is 2.33. The summed E-state index contributed by atoms with van der Waals surface area (Å²) < 4.78 is 11.3. The number of nitrogens with zero attached hydrogens (tertiary/aromatic N) is 2. The minimum Gasteiger partial charge on any atom is -0.463 e. The Hall–Kier alpha value is -1.16. The second-order valence-corrected chi connectivity index (χ2v) is 9.09. The molecule has 25 heavy (non-hydrogen) atoms. The molecule has 0 aliphatic heterocycles. The SMILES string of the molecule is CC(C)(C)COCCCCCCCCOc1ncc(C(C)(C)C)cn1. The fourth-order valence-electron chi connectivity index (χ4n) is 2.33. The van der Waals surface area contributed by atoms with Crippen molar-refractivity contribution in [3.8, 4) is 6.01 Å². The Labute approximate surface area is 154 Å². The first-order valence-corrected chi connectivity index (χ1v) is 9.71. The van der Waals surface area contributed by atoms with E-state index in [9.17, 15) is 0 Å². The van der Waals surface area contributed by atoms with Gasteiger partial charge in [-0.2, -0.15) is 0 Å². The van der Waals surface area contributed by atoms with Gasteiger partial charge in [-0.05, 0) is 29.2 Å². The lowest BCUT2D eigenvalue weighted by atomic mass is 9.89. The van der Waals surface area contributed by atoms with E-state index in [0.717, 1.165) is 25.2 Å². The zero-order valence-electron chi connectivity index (χ0n) is 17.2. The summed E-state index contributed by atoms with van der Waals surface area (Å²) >= 11 is 0. The van der Waals surface area contributed by atoms with E-state index in [4.69, 9.17) is 9.47 Å². The molecule has 144 valence electrons. The molecule has 0 radical (unpaired) electrons. The Morgan fingerprint density at radius 1 is 0.760 bits per heavy atom. The predicted molar refractivity (Wildman–Crippen MR) is 104 cm³/mol. The number of ether oxygens (including phenoxy) is 2. The highest BCUT2D eigenvalue weighted by Gasteiger charge is 2.14. The van der Waals surface area contributed by atoms with Gasteiger partial charge in [0.05, 0.1) is 13.2 Å². The second kappa shape index (κ2) is 10.7. The summed E-state index contributed by atoms with van der Waals surface area (Å²) in [5, 5.41) is 0. The smallest absolute Gasteiger partial charge is 0.316 e. The maximum atomic E-state index is 5.69. The summed E-state index contributed by atoms with van der Waals surface area (Å²) in [7, 11) is 0. The van der Waals surface area contributed by atoms with E-state index in [1.807, 2.05) is 12.4 Å². The lowest BCUT2D eigenvalue weighted by Crippen LogP contribution is -2.14. The molecule has 0 N–H and O–H groups in total. The van der Waals surface area contributed by atoms with E-state index in [2.05, 4.69) is 51.5 Å². The largest absolute Gasteiger partial charge is 0.463 e. The van der Waals surface area contributed by atoms with E-state index in [1.165, 1.54) is 32.1 Å². The van der Waals surface area contributed by atoms with Crippen LogP contribution in [0.25, 0.3) is 0 Å². The Bertz CT molecular complexity index is 458. The average Bonchev–Trinajstić information content (AvgIpc) is 2.51. The summed E-state index contributed by atoms with van der Waals surface area (Å²) in [5.41, 5.74) is 1.49. The van der Waals surface area contributed by atoms with Crippen molar-refractivity contribution in [2.45, 2.75) is 85.5 Å². The lowest BCUT2D eigenvalue weighted by molar-refractivity contribution is 0.0686. The van der Waals surface area contributed by atoms with Crippen LogP contribution in [0.4, 0.5) is 0 Å². The van der Waals surface area contributed by atoms with E-state index >= 15 is 0 Å². The minimum absolute atomic E-state index is 0.0797. The molecule has 4 nitrogen and oxygen atoms in total. The molecular weight excluding hydrogens is 312 g/mol. The quantitative estimate of drug-likeness (QED) is 0.490. The number of hydrogen-bond acceptors (Lipinski definition) is 4. The normalized spacial score (nSPS) is 12.4. The van der Waals surface area contributed by atoms with Gasteiger partial charge < -0.3 is 9.47 Å². The van der Waals surface area contributed by atoms with Gasteiger partial charge >= 0.3 is 6.01 Å². The third kappa shape index (κ3) is 11.1. The first-order chi connectivity index (χ1) is 11.7. The van der Waals surface area contributed by atoms with Gasteiger partial charge in [0, 0.05) is 19.0 Å². The number of hydrogen-bond donors (Lipinski definition) is 0. The van der Waals surface area contributed by atoms with Crippen LogP contribution < -0.4 is 4.74 Å². The molecule has 0 aliphatic carbocycles. The number of unbranched alkanes of at least 4 members (excludes halogenated alkanes) is 5. The zero-order chi connectivity index (χ0) is 18.8. The van der Waals surface area contributed by atoms with Gasteiger partial charge in [0.15, 0.2) is 0 Å². The molecule has 0 aromatic carbocycles. The molecule has 4 heteroatoms. The van der Waals surface area contributed by atoms with Crippen LogP contribution in [0, 0.1) is 5.41 Å². The molecule has 0 saturated heterocycles. The molecule has 0 fully saturated rings. The van der Waals surface area contributed by atoms with Gasteiger partial charge in [0.1, 0.15) is 0 Å². The molecule has 0 unspecified atom stereocenters. The third-order valence-electron chi connectivity index (χ3n) is 3.94. The van der Waals surface area contributed by atoms with Crippen molar-refractivity contribution < 1.29 is 9.47 Å². The Morgan fingerprint density at radius 2 is 1.28 bits per heavy atom. The molecule has 0 spiro atoms. The summed E-state index contributed by atoms with van der Waals surface area (Å²) in [6.45, 7) is 15.5. The van der Waals surface area contributed by atoms with Gasteiger partial charge in [-0.15, -0.1) is 0 Å². The second-order valence-electron chi connectivity index (χ2n) is 9.09. The summed E-state index contributed by atoms with van der Waals surface area (Å²) in [5.74, 6) is 0. The molecule has 1 heterocycles. The van der Waals surface area contributed by atoms with Gasteiger partial charge in [-0.25, -0.2) is 9.97 Å². The maximum absolute atomic E-state index is 5.69. The topological polar surface area (TPSA) is 44.2 Å². The monoisotopic (exact) mass is 350 g/mol. The molecule has 0 bridgehead atoms. The summed E-state index contributed by atoms with van der Waals surface area (Å²) in [6.07, 6.45) is 10.9. The zero-order valence-corrected chi connectivity index (χ0v) is 17.2. The van der Waals surface area contributed by atoms with Crippen LogP contribution in [0.2, 0.25) is 0 Å². The van der Waals surface area contributed by atoms with Crippen LogP contribution in [-0.2, 0) is 10.2 Å². The van der Waals surface area contributed by atoms with Crippen LogP contribution in [-0.4, -0.2) is 29.8 Å². The van der Waals surface area contributed by atoms with Crippen molar-refractivity contribution in [3.63, 3.8) is 0 Å². The molecular formula is C21H38N2O2. The van der Waals surface area contributed by atoms with Crippen LogP contribution in [0.5, 0.6) is 6.01 Å². The van der Waals surface area contributed by atoms with Crippen molar-refractivity contribution in [3.05, 3.63) is 18.0 Å². The first kappa shape index (κ1) is 21.9. The number of rotatable bonds is 11. The van der Waals surface area contributed by atoms with Crippen LogP contribution in [0.3, 0.4) is 0 Å². The maximum Gasteiger partial charge on any atom is 0.316 e. The van der Waals surface area contributed by atoms with E-state index < -0.39 is 0 Å². The van der Waals surface area contributed by atoms with Crippen molar-refractivity contribution in [2.24, 2.45) is 5.41 Å². The predicted octanol–water partition coefficient (Wildman–Crippen LogP) is 5.56. The molecule has 0 aliphatic rings. The van der Waals surface area contributed by atoms with Crippen LogP contribution in [0.15, 0.2) is 12.4 Å². The Morgan fingerprint density at radius 3 is 1.80 bits per heavy atom. The highest BCUT2D eigenvalue weighted by molar-refractivity contribution is 5.16. The van der Waals surface area contributed by atoms with Crippen LogP contribution >= 0.6 is 0 Å². The van der Waals surface area contributed by atoms with Crippen LogP contribution in [0.1, 0.15) is 85.6 Å². The van der Waals surface area contributed by atoms with E-state index in [0.29, 0.717) is 12.6 Å². The number of aromatic nitrogens is 2. The highest BCUT2D eigenvalue weighted by Crippen LogP contribution is 2.21. The van der Waals surface area contributed by atoms with Crippen molar-refractivity contribution in [2.75, 3.05) is 19.8 Å². The Kier molecular flexibility index (Phi) is 9.41. The molecule has 0 saturated carbocycles. The molecule has 1 aromatic heterocycles. The van der Waals surface area contributed by atoms with Crippen molar-refractivity contribution in [1.82, 2.24) is 9.97 Å². The van der Waals surface area contributed by atoms with Crippen molar-refractivity contribution >= 4 is 0 Å². The Balaban J connectivity index is 1.97. The molecule has 1 aromatic rings. The standard InChI is InChI=1S/C21H38N2O2/c1-20(2,3)17-24-13-11-9-7-8-10-12-14-25-19-22-15-18(16-23-19)21(4,5)6/h15-16H,7-14,17H2,1-6H3. The first-order valence-electron chi connectivity index (χ1n) is 9.71. The van der Waals surface area contributed by atoms with E-state index in [-0.39, 0.29) is 10.8 Å².